The molecule has 1 unspecified atom stereocenters. The molecule has 0 radical (unpaired) electrons. The fourth-order valence-electron chi connectivity index (χ4n) is 3.82. The third kappa shape index (κ3) is 14.9. The molecule has 2 atom stereocenters. The Balaban J connectivity index is 2.67. The van der Waals surface area contributed by atoms with Gasteiger partial charge in [0.15, 0.2) is 5.78 Å². The van der Waals surface area contributed by atoms with E-state index in [9.17, 15) is 33.9 Å². The van der Waals surface area contributed by atoms with Gasteiger partial charge in [0.25, 0.3) is 5.91 Å². The van der Waals surface area contributed by atoms with Crippen LogP contribution in [0.1, 0.15) is 56.8 Å². The number of ketones is 1. The van der Waals surface area contributed by atoms with E-state index in [4.69, 9.17) is 0 Å². The van der Waals surface area contributed by atoms with Gasteiger partial charge in [0.05, 0.1) is 19.5 Å². The summed E-state index contributed by atoms with van der Waals surface area (Å²) in [6, 6.07) is 2.24. The highest BCUT2D eigenvalue weighted by atomic mass is 79.9. The van der Waals surface area contributed by atoms with E-state index < -0.39 is 54.6 Å². The smallest absolute Gasteiger partial charge is 0.305 e. The molecule has 0 aliphatic carbocycles. The lowest BCUT2D eigenvalue weighted by Gasteiger charge is -2.22. The maximum absolute atomic E-state index is 12.7. The van der Waals surface area contributed by atoms with Gasteiger partial charge in [-0.1, -0.05) is 76.6 Å². The molecule has 0 fully saturated rings. The molecule has 0 bridgehead atoms. The zero-order chi connectivity index (χ0) is 32.5. The highest BCUT2D eigenvalue weighted by molar-refractivity contribution is 9.11. The molecule has 0 saturated carbocycles. The van der Waals surface area contributed by atoms with Crippen LogP contribution in [-0.4, -0.2) is 65.7 Å². The molecule has 0 aliphatic rings. The van der Waals surface area contributed by atoms with E-state index in [1.165, 1.54) is 12.1 Å². The molecular formula is C30H38Br2N4O7. The van der Waals surface area contributed by atoms with Gasteiger partial charge in [-0.15, -0.1) is 0 Å². The quantitative estimate of drug-likeness (QED) is 0.144. The zero-order valence-electron chi connectivity index (χ0n) is 24.4. The summed E-state index contributed by atoms with van der Waals surface area (Å²) in [7, 11) is 0. The standard InChI is InChI=1S/C30H38Br2N4O7/c1-5-8-19(9-6-2)10-7-11-23(37)16-33-30(43)27(18(3)4)36-25(38)17-34-29(42)24(15-26(39)40)35-28(41)20-12-21(31)14-22(32)13-20/h5-6,8-9,12-14,18,24,27H,1,7,10-11,15-17H2,2-4H3,(H,33,43)(H,34,42)(H,35,41)(H,36,38)(H,39,40)/b9-6-,19-8+/t24-,27?/m0/s1. The summed E-state index contributed by atoms with van der Waals surface area (Å²) >= 11 is 6.52. The summed E-state index contributed by atoms with van der Waals surface area (Å²) in [6.07, 6.45) is 8.23. The van der Waals surface area contributed by atoms with E-state index in [0.29, 0.717) is 21.8 Å². The third-order valence-corrected chi connectivity index (χ3v) is 6.82. The van der Waals surface area contributed by atoms with Gasteiger partial charge < -0.3 is 26.4 Å². The largest absolute Gasteiger partial charge is 0.481 e. The van der Waals surface area contributed by atoms with Gasteiger partial charge in [0, 0.05) is 20.9 Å². The Bertz CT molecular complexity index is 1240. The number of halogens is 2. The molecule has 1 aromatic rings. The summed E-state index contributed by atoms with van der Waals surface area (Å²) in [4.78, 5) is 74.3. The van der Waals surface area contributed by atoms with Gasteiger partial charge in [0.1, 0.15) is 12.1 Å². The van der Waals surface area contributed by atoms with Crippen LogP contribution in [0.4, 0.5) is 0 Å². The van der Waals surface area contributed by atoms with E-state index in [1.807, 2.05) is 25.2 Å². The summed E-state index contributed by atoms with van der Waals surface area (Å²) in [5.74, 6) is -4.68. The van der Waals surface area contributed by atoms with Crippen LogP contribution >= 0.6 is 31.9 Å². The van der Waals surface area contributed by atoms with Crippen molar-refractivity contribution < 1.29 is 33.9 Å². The Morgan fingerprint density at radius 1 is 0.930 bits per heavy atom. The second-order valence-corrected chi connectivity index (χ2v) is 11.7. The first-order chi connectivity index (χ1) is 20.3. The van der Waals surface area contributed by atoms with Gasteiger partial charge in [-0.25, -0.2) is 0 Å². The number of carbonyl (C=O) groups excluding carboxylic acids is 5. The molecule has 0 heterocycles. The van der Waals surface area contributed by atoms with Crippen molar-refractivity contribution in [2.45, 2.75) is 58.5 Å². The lowest BCUT2D eigenvalue weighted by molar-refractivity contribution is -0.140. The van der Waals surface area contributed by atoms with Crippen molar-refractivity contribution in [2.24, 2.45) is 5.92 Å². The molecule has 234 valence electrons. The van der Waals surface area contributed by atoms with Gasteiger partial charge in [-0.2, -0.15) is 0 Å². The molecule has 0 saturated heterocycles. The lowest BCUT2D eigenvalue weighted by Crippen LogP contribution is -2.54. The number of carboxylic acid groups (broad SMARTS) is 1. The number of Topliss-reactive ketones (excluding diaryl/α,β-unsaturated/α-hetero) is 1. The number of carboxylic acids is 1. The Kier molecular flexibility index (Phi) is 17.0. The molecular weight excluding hydrogens is 688 g/mol. The summed E-state index contributed by atoms with van der Waals surface area (Å²) in [5, 5.41) is 19.0. The van der Waals surface area contributed by atoms with E-state index in [-0.39, 0.29) is 30.2 Å². The molecule has 0 aliphatic heterocycles. The van der Waals surface area contributed by atoms with Crippen LogP contribution in [0.25, 0.3) is 0 Å². The molecule has 0 spiro atoms. The number of nitrogens with one attached hydrogen (secondary N) is 4. The number of amides is 4. The van der Waals surface area contributed by atoms with Crippen molar-refractivity contribution in [3.63, 3.8) is 0 Å². The third-order valence-electron chi connectivity index (χ3n) is 5.91. The number of hydrogen-bond donors (Lipinski definition) is 5. The van der Waals surface area contributed by atoms with Crippen molar-refractivity contribution in [3.05, 3.63) is 69.2 Å². The van der Waals surface area contributed by atoms with Crippen LogP contribution in [-0.2, 0) is 24.0 Å². The Morgan fingerprint density at radius 2 is 1.56 bits per heavy atom. The second-order valence-electron chi connectivity index (χ2n) is 9.88. The number of aliphatic carboxylic acids is 1. The predicted molar refractivity (Wildman–Crippen MR) is 170 cm³/mol. The molecule has 1 rings (SSSR count). The molecule has 4 amide bonds. The highest BCUT2D eigenvalue weighted by Gasteiger charge is 2.27. The van der Waals surface area contributed by atoms with E-state index in [0.717, 1.165) is 5.57 Å². The Morgan fingerprint density at radius 3 is 2.12 bits per heavy atom. The van der Waals surface area contributed by atoms with Crippen LogP contribution in [0.15, 0.2) is 63.6 Å². The van der Waals surface area contributed by atoms with Crippen LogP contribution in [0.5, 0.6) is 0 Å². The zero-order valence-corrected chi connectivity index (χ0v) is 27.5. The fourth-order valence-corrected chi connectivity index (χ4v) is 5.12. The number of carbonyl (C=O) groups is 6. The molecule has 43 heavy (non-hydrogen) atoms. The topological polar surface area (TPSA) is 171 Å². The average Bonchev–Trinajstić information content (AvgIpc) is 2.92. The number of hydrogen-bond acceptors (Lipinski definition) is 6. The lowest BCUT2D eigenvalue weighted by atomic mass is 10.0. The predicted octanol–water partition coefficient (Wildman–Crippen LogP) is 3.59. The van der Waals surface area contributed by atoms with Crippen molar-refractivity contribution in [1.82, 2.24) is 21.3 Å². The van der Waals surface area contributed by atoms with Crippen molar-refractivity contribution in [2.75, 3.05) is 13.1 Å². The molecule has 11 nitrogen and oxygen atoms in total. The molecule has 13 heteroatoms. The maximum atomic E-state index is 12.7. The van der Waals surface area contributed by atoms with E-state index in [2.05, 4.69) is 59.7 Å². The number of allylic oxidation sites excluding steroid dienone is 5. The normalized spacial score (nSPS) is 12.7. The van der Waals surface area contributed by atoms with Gasteiger partial charge in [-0.05, 0) is 49.5 Å². The SMILES string of the molecule is C=C/C=C(\C=C/C)CCCC(=O)CNC(=O)C(NC(=O)CNC(=O)[C@H](CC(=O)O)NC(=O)c1cc(Br)cc(Br)c1)C(C)C. The van der Waals surface area contributed by atoms with Gasteiger partial charge in [0.2, 0.25) is 17.7 Å². The fraction of sp³-hybridized carbons (Fsp3) is 0.400. The van der Waals surface area contributed by atoms with Crippen molar-refractivity contribution in [1.29, 1.82) is 0 Å². The first-order valence-corrected chi connectivity index (χ1v) is 15.1. The summed E-state index contributed by atoms with van der Waals surface area (Å²) < 4.78 is 1.18. The summed E-state index contributed by atoms with van der Waals surface area (Å²) in [5.41, 5.74) is 1.22. The van der Waals surface area contributed by atoms with E-state index in [1.54, 1.807) is 26.0 Å². The second kappa shape index (κ2) is 19.6. The van der Waals surface area contributed by atoms with Crippen LogP contribution in [0, 0.1) is 5.92 Å². The van der Waals surface area contributed by atoms with E-state index >= 15 is 0 Å². The minimum Gasteiger partial charge on any atom is -0.481 e. The number of benzene rings is 1. The summed E-state index contributed by atoms with van der Waals surface area (Å²) in [6.45, 7) is 8.22. The van der Waals surface area contributed by atoms with Crippen molar-refractivity contribution >= 4 is 67.2 Å². The minimum atomic E-state index is -1.47. The van der Waals surface area contributed by atoms with Crippen LogP contribution in [0.2, 0.25) is 0 Å². The van der Waals surface area contributed by atoms with Gasteiger partial charge >= 0.3 is 5.97 Å². The monoisotopic (exact) mass is 724 g/mol. The minimum absolute atomic E-state index is 0.158. The molecule has 0 aromatic heterocycles. The Labute approximate surface area is 268 Å². The molecule has 1 aromatic carbocycles. The van der Waals surface area contributed by atoms with Crippen molar-refractivity contribution in [3.8, 4) is 0 Å². The first-order valence-electron chi connectivity index (χ1n) is 13.6. The number of rotatable bonds is 18. The Hall–Kier alpha value is -3.58. The average molecular weight is 726 g/mol. The van der Waals surface area contributed by atoms with Crippen LogP contribution < -0.4 is 21.3 Å². The first kappa shape index (κ1) is 37.4. The highest BCUT2D eigenvalue weighted by Crippen LogP contribution is 2.20. The van der Waals surface area contributed by atoms with Gasteiger partial charge in [-0.3, -0.25) is 28.8 Å². The maximum Gasteiger partial charge on any atom is 0.305 e. The molecule has 5 N–H and O–H groups in total. The van der Waals surface area contributed by atoms with Crippen LogP contribution in [0.3, 0.4) is 0 Å².